The molecule has 14 heavy (non-hydrogen) atoms. The monoisotopic (exact) mass is 257 g/mol. The largest absolute Gasteiger partial charge is 0.387 e. The minimum Gasteiger partial charge on any atom is -0.387 e. The maximum atomic E-state index is 12.7. The van der Waals surface area contributed by atoms with Gasteiger partial charge in [-0.2, -0.15) is 5.26 Å². The third kappa shape index (κ3) is 2.31. The van der Waals surface area contributed by atoms with E-state index in [0.717, 1.165) is 0 Å². The predicted molar refractivity (Wildman–Crippen MR) is 53.8 cm³/mol. The summed E-state index contributed by atoms with van der Waals surface area (Å²) in [7, 11) is 0. The van der Waals surface area contributed by atoms with Crippen molar-refractivity contribution in [2.75, 3.05) is 0 Å². The number of rotatable bonds is 2. The summed E-state index contributed by atoms with van der Waals surface area (Å²) in [6.07, 6.45) is -0.894. The zero-order valence-electron chi connectivity index (χ0n) is 7.54. The number of hydrogen-bond donors (Lipinski definition) is 1. The molecule has 2 nitrogen and oxygen atoms in total. The summed E-state index contributed by atoms with van der Waals surface area (Å²) in [4.78, 5) is 0. The Morgan fingerprint density at radius 1 is 1.57 bits per heavy atom. The third-order valence-corrected chi connectivity index (χ3v) is 2.65. The predicted octanol–water partition coefficient (Wildman–Crippen LogP) is 2.78. The number of hydrogen-bond acceptors (Lipinski definition) is 2. The van der Waals surface area contributed by atoms with Crippen LogP contribution < -0.4 is 0 Å². The lowest BCUT2D eigenvalue weighted by Gasteiger charge is -2.14. The number of aliphatic hydroxyl groups excluding tert-OH is 1. The van der Waals surface area contributed by atoms with Gasteiger partial charge in [-0.1, -0.05) is 22.0 Å². The highest BCUT2D eigenvalue weighted by molar-refractivity contribution is 9.10. The molecule has 1 aromatic carbocycles. The molecule has 2 unspecified atom stereocenters. The van der Waals surface area contributed by atoms with Crippen molar-refractivity contribution < 1.29 is 9.50 Å². The van der Waals surface area contributed by atoms with Crippen LogP contribution in [0.15, 0.2) is 22.7 Å². The van der Waals surface area contributed by atoms with Crippen molar-refractivity contribution in [2.24, 2.45) is 5.92 Å². The normalized spacial score (nSPS) is 14.5. The molecule has 0 saturated carbocycles. The maximum absolute atomic E-state index is 12.7. The highest BCUT2D eigenvalue weighted by Gasteiger charge is 2.18. The van der Waals surface area contributed by atoms with E-state index in [-0.39, 0.29) is 5.82 Å². The molecule has 4 heteroatoms. The zero-order valence-corrected chi connectivity index (χ0v) is 9.12. The molecule has 1 rings (SSSR count). The van der Waals surface area contributed by atoms with Gasteiger partial charge in [0.2, 0.25) is 0 Å². The van der Waals surface area contributed by atoms with Gasteiger partial charge in [0.05, 0.1) is 18.1 Å². The van der Waals surface area contributed by atoms with Crippen LogP contribution in [0.5, 0.6) is 0 Å². The summed E-state index contributed by atoms with van der Waals surface area (Å²) in [5.41, 5.74) is 0.528. The molecule has 0 bridgehead atoms. The number of nitriles is 1. The fourth-order valence-corrected chi connectivity index (χ4v) is 1.67. The first-order valence-corrected chi connectivity index (χ1v) is 4.88. The van der Waals surface area contributed by atoms with Gasteiger partial charge >= 0.3 is 0 Å². The van der Waals surface area contributed by atoms with Crippen molar-refractivity contribution in [3.8, 4) is 6.07 Å². The van der Waals surface area contributed by atoms with Crippen LogP contribution in [0, 0.1) is 23.1 Å². The lowest BCUT2D eigenvalue weighted by molar-refractivity contribution is 0.142. The quantitative estimate of drug-likeness (QED) is 0.886. The number of benzene rings is 1. The van der Waals surface area contributed by atoms with E-state index in [0.29, 0.717) is 10.0 Å². The average Bonchev–Trinajstić information content (AvgIpc) is 2.15. The summed E-state index contributed by atoms with van der Waals surface area (Å²) >= 11 is 3.14. The molecule has 0 spiro atoms. The van der Waals surface area contributed by atoms with Gasteiger partial charge in [0, 0.05) is 4.47 Å². The first-order valence-electron chi connectivity index (χ1n) is 4.09. The Bertz CT molecular complexity index is 375. The molecule has 0 saturated heterocycles. The Balaban J connectivity index is 3.03. The van der Waals surface area contributed by atoms with Gasteiger partial charge in [0.15, 0.2) is 0 Å². The number of nitrogens with zero attached hydrogens (tertiary/aromatic N) is 1. The molecular formula is C10H9BrFNO. The molecule has 1 aromatic rings. The molecule has 0 heterocycles. The van der Waals surface area contributed by atoms with E-state index in [1.54, 1.807) is 6.92 Å². The Hall–Kier alpha value is -0.920. The third-order valence-electron chi connectivity index (χ3n) is 1.96. The van der Waals surface area contributed by atoms with Crippen molar-refractivity contribution in [1.82, 2.24) is 0 Å². The van der Waals surface area contributed by atoms with E-state index >= 15 is 0 Å². The van der Waals surface area contributed by atoms with Crippen LogP contribution in [0.4, 0.5) is 4.39 Å². The molecule has 0 radical (unpaired) electrons. The topological polar surface area (TPSA) is 44.0 Å². The maximum Gasteiger partial charge on any atom is 0.124 e. The molecule has 74 valence electrons. The fourth-order valence-electron chi connectivity index (χ4n) is 1.08. The van der Waals surface area contributed by atoms with E-state index in [1.165, 1.54) is 18.2 Å². The molecule has 2 atom stereocenters. The highest BCUT2D eigenvalue weighted by atomic mass is 79.9. The van der Waals surface area contributed by atoms with Crippen molar-refractivity contribution in [3.05, 3.63) is 34.1 Å². The van der Waals surface area contributed by atoms with E-state index in [9.17, 15) is 9.50 Å². The molecule has 0 aromatic heterocycles. The first kappa shape index (κ1) is 11.2. The summed E-state index contributed by atoms with van der Waals surface area (Å²) in [6, 6.07) is 5.93. The first-order chi connectivity index (χ1) is 6.56. The van der Waals surface area contributed by atoms with Gasteiger partial charge in [-0.25, -0.2) is 4.39 Å². The van der Waals surface area contributed by atoms with Gasteiger partial charge in [0.1, 0.15) is 5.82 Å². The average molecular weight is 258 g/mol. The van der Waals surface area contributed by atoms with E-state index in [2.05, 4.69) is 15.9 Å². The Labute approximate surface area is 90.1 Å². The van der Waals surface area contributed by atoms with Gasteiger partial charge in [-0.3, -0.25) is 0 Å². The standard InChI is InChI=1S/C10H9BrFNO/c1-6(5-13)10(14)8-3-2-7(12)4-9(8)11/h2-4,6,10,14H,1H3. The SMILES string of the molecule is CC(C#N)C(O)c1ccc(F)cc1Br. The van der Waals surface area contributed by atoms with Crippen LogP contribution in [0.2, 0.25) is 0 Å². The smallest absolute Gasteiger partial charge is 0.124 e. The Kier molecular flexibility index (Phi) is 3.62. The molecular weight excluding hydrogens is 249 g/mol. The van der Waals surface area contributed by atoms with Gasteiger partial charge in [-0.15, -0.1) is 0 Å². The van der Waals surface area contributed by atoms with E-state index in [4.69, 9.17) is 5.26 Å². The summed E-state index contributed by atoms with van der Waals surface area (Å²) in [5, 5.41) is 18.3. The number of halogens is 2. The summed E-state index contributed by atoms with van der Waals surface area (Å²) in [5.74, 6) is -0.894. The van der Waals surface area contributed by atoms with E-state index in [1.807, 2.05) is 6.07 Å². The van der Waals surface area contributed by atoms with Crippen LogP contribution in [-0.2, 0) is 0 Å². The number of aliphatic hydroxyl groups is 1. The highest BCUT2D eigenvalue weighted by Crippen LogP contribution is 2.28. The molecule has 0 aliphatic rings. The van der Waals surface area contributed by atoms with Gasteiger partial charge in [-0.05, 0) is 24.6 Å². The van der Waals surface area contributed by atoms with Crippen LogP contribution >= 0.6 is 15.9 Å². The molecule has 0 amide bonds. The van der Waals surface area contributed by atoms with Crippen molar-refractivity contribution in [2.45, 2.75) is 13.0 Å². The second kappa shape index (κ2) is 4.54. The van der Waals surface area contributed by atoms with E-state index < -0.39 is 12.0 Å². The van der Waals surface area contributed by atoms with Crippen LogP contribution in [0.25, 0.3) is 0 Å². The lowest BCUT2D eigenvalue weighted by atomic mass is 9.99. The minimum absolute atomic E-state index is 0.377. The summed E-state index contributed by atoms with van der Waals surface area (Å²) < 4.78 is 13.2. The second-order valence-electron chi connectivity index (χ2n) is 3.03. The second-order valence-corrected chi connectivity index (χ2v) is 3.88. The summed E-state index contributed by atoms with van der Waals surface area (Å²) in [6.45, 7) is 1.61. The molecule has 0 aliphatic heterocycles. The van der Waals surface area contributed by atoms with Gasteiger partial charge in [0.25, 0.3) is 0 Å². The van der Waals surface area contributed by atoms with Crippen LogP contribution in [0.1, 0.15) is 18.6 Å². The lowest BCUT2D eigenvalue weighted by Crippen LogP contribution is -2.07. The molecule has 0 aliphatic carbocycles. The van der Waals surface area contributed by atoms with Crippen LogP contribution in [-0.4, -0.2) is 5.11 Å². The zero-order chi connectivity index (χ0) is 10.7. The van der Waals surface area contributed by atoms with Gasteiger partial charge < -0.3 is 5.11 Å². The Morgan fingerprint density at radius 3 is 2.71 bits per heavy atom. The minimum atomic E-state index is -0.894. The Morgan fingerprint density at radius 2 is 2.21 bits per heavy atom. The van der Waals surface area contributed by atoms with Crippen molar-refractivity contribution >= 4 is 15.9 Å². The molecule has 0 fully saturated rings. The molecule has 1 N–H and O–H groups in total. The van der Waals surface area contributed by atoms with Crippen LogP contribution in [0.3, 0.4) is 0 Å². The van der Waals surface area contributed by atoms with Crippen molar-refractivity contribution in [3.63, 3.8) is 0 Å². The van der Waals surface area contributed by atoms with Crippen molar-refractivity contribution in [1.29, 1.82) is 5.26 Å². The fraction of sp³-hybridized carbons (Fsp3) is 0.300.